The van der Waals surface area contributed by atoms with E-state index in [1.165, 1.54) is 0 Å². The molecule has 0 spiro atoms. The summed E-state index contributed by atoms with van der Waals surface area (Å²) in [6, 6.07) is 5.99. The van der Waals surface area contributed by atoms with Crippen LogP contribution < -0.4 is 10.2 Å². The molecule has 1 fully saturated rings. The monoisotopic (exact) mass is 268 g/mol. The number of carbonyl (C=O) groups excluding carboxylic acids is 1. The van der Waals surface area contributed by atoms with Crippen LogP contribution in [0.3, 0.4) is 0 Å². The molecule has 0 aromatic heterocycles. The smallest absolute Gasteiger partial charge is 0.240 e. The van der Waals surface area contributed by atoms with Crippen molar-refractivity contribution in [2.24, 2.45) is 0 Å². The topological polar surface area (TPSA) is 32.3 Å². The van der Waals surface area contributed by atoms with Crippen molar-refractivity contribution in [3.63, 3.8) is 0 Å². The van der Waals surface area contributed by atoms with Crippen LogP contribution in [0.4, 0.5) is 5.69 Å². The summed E-state index contributed by atoms with van der Waals surface area (Å²) >= 11 is 3.42. The van der Waals surface area contributed by atoms with Gasteiger partial charge in [0.15, 0.2) is 0 Å². The molecule has 15 heavy (non-hydrogen) atoms. The summed E-state index contributed by atoms with van der Waals surface area (Å²) in [7, 11) is 0. The number of carbonyl (C=O) groups is 1. The molecule has 1 saturated heterocycles. The van der Waals surface area contributed by atoms with Gasteiger partial charge in [0.25, 0.3) is 0 Å². The average molecular weight is 269 g/mol. The lowest BCUT2D eigenvalue weighted by molar-refractivity contribution is -0.118. The minimum atomic E-state index is 0.145. The highest BCUT2D eigenvalue weighted by molar-refractivity contribution is 9.10. The summed E-state index contributed by atoms with van der Waals surface area (Å²) in [6.07, 6.45) is 0. The zero-order chi connectivity index (χ0) is 10.8. The van der Waals surface area contributed by atoms with Gasteiger partial charge in [-0.3, -0.25) is 4.79 Å². The van der Waals surface area contributed by atoms with E-state index in [-0.39, 0.29) is 5.91 Å². The molecule has 1 heterocycles. The van der Waals surface area contributed by atoms with E-state index >= 15 is 0 Å². The van der Waals surface area contributed by atoms with Gasteiger partial charge in [-0.15, -0.1) is 0 Å². The van der Waals surface area contributed by atoms with Crippen LogP contribution in [0.1, 0.15) is 5.56 Å². The van der Waals surface area contributed by atoms with E-state index in [4.69, 9.17) is 0 Å². The maximum absolute atomic E-state index is 11.7. The number of piperazine rings is 1. The van der Waals surface area contributed by atoms with E-state index in [0.717, 1.165) is 28.8 Å². The third-order valence-corrected chi connectivity index (χ3v) is 3.03. The molecule has 0 bridgehead atoms. The van der Waals surface area contributed by atoms with Crippen LogP contribution in [0.5, 0.6) is 0 Å². The Morgan fingerprint density at radius 3 is 2.93 bits per heavy atom. The van der Waals surface area contributed by atoms with Crippen LogP contribution >= 0.6 is 15.9 Å². The normalized spacial score (nSPS) is 16.9. The van der Waals surface area contributed by atoms with Crippen molar-refractivity contribution in [2.75, 3.05) is 24.5 Å². The Bertz CT molecular complexity index is 392. The maximum Gasteiger partial charge on any atom is 0.240 e. The number of hydrogen-bond acceptors (Lipinski definition) is 2. The number of nitrogens with zero attached hydrogens (tertiary/aromatic N) is 1. The lowest BCUT2D eigenvalue weighted by Gasteiger charge is -2.28. The summed E-state index contributed by atoms with van der Waals surface area (Å²) in [5.41, 5.74) is 2.14. The summed E-state index contributed by atoms with van der Waals surface area (Å²) in [5.74, 6) is 0.145. The van der Waals surface area contributed by atoms with E-state index < -0.39 is 0 Å². The van der Waals surface area contributed by atoms with E-state index in [9.17, 15) is 4.79 Å². The fraction of sp³-hybridized carbons (Fsp3) is 0.364. The number of rotatable bonds is 1. The van der Waals surface area contributed by atoms with Crippen molar-refractivity contribution >= 4 is 27.5 Å². The molecule has 0 unspecified atom stereocenters. The summed E-state index contributed by atoms with van der Waals surface area (Å²) in [5, 5.41) is 3.06. The zero-order valence-electron chi connectivity index (χ0n) is 8.59. The quantitative estimate of drug-likeness (QED) is 0.841. The zero-order valence-corrected chi connectivity index (χ0v) is 10.2. The first-order valence-corrected chi connectivity index (χ1v) is 5.75. The molecule has 2 rings (SSSR count). The Kier molecular flexibility index (Phi) is 3.07. The van der Waals surface area contributed by atoms with Gasteiger partial charge in [-0.05, 0) is 30.7 Å². The van der Waals surface area contributed by atoms with E-state index in [0.29, 0.717) is 6.54 Å². The standard InChI is InChI=1S/C11H13BrN2O/c1-8-6-9(12)2-3-10(8)14-5-4-13-7-11(14)15/h2-3,6,13H,4-5,7H2,1H3. The number of nitrogens with one attached hydrogen (secondary N) is 1. The van der Waals surface area contributed by atoms with Crippen molar-refractivity contribution in [2.45, 2.75) is 6.92 Å². The van der Waals surface area contributed by atoms with E-state index in [2.05, 4.69) is 21.2 Å². The molecule has 1 aromatic rings. The summed E-state index contributed by atoms with van der Waals surface area (Å²) in [6.45, 7) is 4.08. The van der Waals surface area contributed by atoms with Crippen molar-refractivity contribution in [1.29, 1.82) is 0 Å². The fourth-order valence-corrected chi connectivity index (χ4v) is 2.26. The molecule has 1 amide bonds. The minimum Gasteiger partial charge on any atom is -0.310 e. The highest BCUT2D eigenvalue weighted by atomic mass is 79.9. The Morgan fingerprint density at radius 1 is 1.47 bits per heavy atom. The lowest BCUT2D eigenvalue weighted by Crippen LogP contribution is -2.48. The van der Waals surface area contributed by atoms with Gasteiger partial charge in [-0.25, -0.2) is 0 Å². The third-order valence-electron chi connectivity index (χ3n) is 2.54. The molecule has 1 N–H and O–H groups in total. The number of anilines is 1. The molecule has 4 heteroatoms. The summed E-state index contributed by atoms with van der Waals surface area (Å²) < 4.78 is 1.05. The second-order valence-corrected chi connectivity index (χ2v) is 4.57. The molecule has 0 radical (unpaired) electrons. The Balaban J connectivity index is 2.31. The first kappa shape index (κ1) is 10.6. The van der Waals surface area contributed by atoms with Crippen LogP contribution in [0, 0.1) is 6.92 Å². The Morgan fingerprint density at radius 2 is 2.27 bits per heavy atom. The summed E-state index contributed by atoms with van der Waals surface area (Å²) in [4.78, 5) is 13.5. The highest BCUT2D eigenvalue weighted by Gasteiger charge is 2.20. The van der Waals surface area contributed by atoms with Crippen molar-refractivity contribution < 1.29 is 4.79 Å². The highest BCUT2D eigenvalue weighted by Crippen LogP contribution is 2.24. The first-order valence-electron chi connectivity index (χ1n) is 4.96. The van der Waals surface area contributed by atoms with Crippen molar-refractivity contribution in [1.82, 2.24) is 5.32 Å². The average Bonchev–Trinajstić information content (AvgIpc) is 2.20. The Hall–Kier alpha value is -0.870. The molecular weight excluding hydrogens is 256 g/mol. The largest absolute Gasteiger partial charge is 0.310 e. The van der Waals surface area contributed by atoms with Crippen LogP contribution in [0.2, 0.25) is 0 Å². The molecule has 0 atom stereocenters. The van der Waals surface area contributed by atoms with Gasteiger partial charge < -0.3 is 10.2 Å². The van der Waals surface area contributed by atoms with Crippen LogP contribution in [-0.2, 0) is 4.79 Å². The van der Waals surface area contributed by atoms with Gasteiger partial charge in [0.2, 0.25) is 5.91 Å². The van der Waals surface area contributed by atoms with E-state index in [1.54, 1.807) is 0 Å². The Labute approximate surface area is 97.6 Å². The lowest BCUT2D eigenvalue weighted by atomic mass is 10.1. The predicted octanol–water partition coefficient (Wildman–Crippen LogP) is 1.69. The molecule has 0 saturated carbocycles. The maximum atomic E-state index is 11.7. The van der Waals surface area contributed by atoms with Gasteiger partial charge >= 0.3 is 0 Å². The second kappa shape index (κ2) is 4.33. The molecule has 0 aliphatic carbocycles. The van der Waals surface area contributed by atoms with Gasteiger partial charge in [0, 0.05) is 23.2 Å². The minimum absolute atomic E-state index is 0.145. The number of amides is 1. The molecular formula is C11H13BrN2O. The van der Waals surface area contributed by atoms with Crippen LogP contribution in [0.15, 0.2) is 22.7 Å². The second-order valence-electron chi connectivity index (χ2n) is 3.65. The van der Waals surface area contributed by atoms with Crippen LogP contribution in [0.25, 0.3) is 0 Å². The van der Waals surface area contributed by atoms with Crippen molar-refractivity contribution in [3.8, 4) is 0 Å². The molecule has 1 aliphatic heterocycles. The molecule has 80 valence electrons. The van der Waals surface area contributed by atoms with Gasteiger partial charge in [0.1, 0.15) is 0 Å². The third kappa shape index (κ3) is 2.21. The number of hydrogen-bond donors (Lipinski definition) is 1. The van der Waals surface area contributed by atoms with E-state index in [1.807, 2.05) is 30.0 Å². The van der Waals surface area contributed by atoms with Crippen molar-refractivity contribution in [3.05, 3.63) is 28.2 Å². The number of aryl methyl sites for hydroxylation is 1. The predicted molar refractivity (Wildman–Crippen MR) is 64.1 cm³/mol. The van der Waals surface area contributed by atoms with Gasteiger partial charge in [0.05, 0.1) is 6.54 Å². The number of halogens is 1. The molecule has 1 aliphatic rings. The molecule has 3 nitrogen and oxygen atoms in total. The SMILES string of the molecule is Cc1cc(Br)ccc1N1CCNCC1=O. The number of benzene rings is 1. The van der Waals surface area contributed by atoms with Crippen LogP contribution in [-0.4, -0.2) is 25.5 Å². The van der Waals surface area contributed by atoms with Gasteiger partial charge in [-0.1, -0.05) is 15.9 Å². The first-order chi connectivity index (χ1) is 7.18. The molecule has 1 aromatic carbocycles. The fourth-order valence-electron chi connectivity index (χ4n) is 1.78. The van der Waals surface area contributed by atoms with Gasteiger partial charge in [-0.2, -0.15) is 0 Å².